The maximum Gasteiger partial charge on any atom is 0.265 e. The molecule has 0 saturated heterocycles. The molecule has 1 aromatic carbocycles. The van der Waals surface area contributed by atoms with Crippen molar-refractivity contribution in [3.63, 3.8) is 0 Å². The van der Waals surface area contributed by atoms with E-state index in [1.54, 1.807) is 32.2 Å². The van der Waals surface area contributed by atoms with E-state index in [4.69, 9.17) is 11.6 Å². The highest BCUT2D eigenvalue weighted by Crippen LogP contribution is 2.25. The maximum atomic E-state index is 12.6. The maximum absolute atomic E-state index is 12.6. The Labute approximate surface area is 129 Å². The van der Waals surface area contributed by atoms with Crippen molar-refractivity contribution in [2.75, 3.05) is 11.8 Å². The minimum absolute atomic E-state index is 0.163. The van der Waals surface area contributed by atoms with Crippen LogP contribution in [0.4, 0.5) is 5.69 Å². The molecule has 0 aliphatic rings. The molecule has 0 fully saturated rings. The third-order valence-electron chi connectivity index (χ3n) is 3.02. The summed E-state index contributed by atoms with van der Waals surface area (Å²) in [7, 11) is -2.00. The predicted octanol–water partition coefficient (Wildman–Crippen LogP) is 2.20. The number of rotatable bonds is 5. The molecule has 0 aliphatic heterocycles. The minimum atomic E-state index is -3.74. The summed E-state index contributed by atoms with van der Waals surface area (Å²) in [6.07, 6.45) is 0. The number of aromatic amines is 1. The summed E-state index contributed by atoms with van der Waals surface area (Å²) in [5.74, 6) is 0. The van der Waals surface area contributed by atoms with Gasteiger partial charge in [-0.1, -0.05) is 17.7 Å². The normalized spacial score (nSPS) is 11.6. The Hall–Kier alpha value is -1.57. The Kier molecular flexibility index (Phi) is 4.55. The monoisotopic (exact) mass is 328 g/mol. The average molecular weight is 329 g/mol. The lowest BCUT2D eigenvalue weighted by Crippen LogP contribution is -2.18. The van der Waals surface area contributed by atoms with Gasteiger partial charge in [-0.25, -0.2) is 8.42 Å². The highest BCUT2D eigenvalue weighted by molar-refractivity contribution is 7.92. The number of hydrogen-bond acceptors (Lipinski definition) is 4. The number of nitrogens with one attached hydrogen (secondary N) is 3. The molecule has 0 radical (unpaired) electrons. The molecule has 8 heteroatoms. The highest BCUT2D eigenvalue weighted by Gasteiger charge is 2.24. The van der Waals surface area contributed by atoms with Crippen molar-refractivity contribution < 1.29 is 8.42 Å². The number of nitrogens with zero attached hydrogens (tertiary/aromatic N) is 1. The Balaban J connectivity index is 2.43. The molecule has 0 unspecified atom stereocenters. The summed E-state index contributed by atoms with van der Waals surface area (Å²) in [6, 6.07) is 5.06. The number of anilines is 1. The number of H-pyrrole nitrogens is 1. The second-order valence-corrected chi connectivity index (χ2v) is 6.78. The van der Waals surface area contributed by atoms with Crippen molar-refractivity contribution >= 4 is 27.3 Å². The summed E-state index contributed by atoms with van der Waals surface area (Å²) < 4.78 is 27.8. The largest absolute Gasteiger partial charge is 0.314 e. The fraction of sp³-hybridized carbons (Fsp3) is 0.308. The predicted molar refractivity (Wildman–Crippen MR) is 83.1 cm³/mol. The van der Waals surface area contributed by atoms with Crippen LogP contribution in [0.3, 0.4) is 0 Å². The minimum Gasteiger partial charge on any atom is -0.314 e. The number of aryl methyl sites for hydroxylation is 2. The zero-order valence-corrected chi connectivity index (χ0v) is 13.6. The number of benzene rings is 1. The first-order valence-electron chi connectivity index (χ1n) is 6.32. The van der Waals surface area contributed by atoms with Crippen LogP contribution >= 0.6 is 11.6 Å². The van der Waals surface area contributed by atoms with Gasteiger partial charge >= 0.3 is 0 Å². The molecule has 0 bridgehead atoms. The average Bonchev–Trinajstić information content (AvgIpc) is 2.76. The van der Waals surface area contributed by atoms with Gasteiger partial charge in [0.25, 0.3) is 10.0 Å². The molecule has 0 saturated carbocycles. The quantitative estimate of drug-likeness (QED) is 0.785. The molecule has 114 valence electrons. The molecule has 3 N–H and O–H groups in total. The molecule has 1 heterocycles. The lowest BCUT2D eigenvalue weighted by Gasteiger charge is -2.11. The summed E-state index contributed by atoms with van der Waals surface area (Å²) in [5, 5.41) is 10.1. The molecule has 0 aliphatic carbocycles. The van der Waals surface area contributed by atoms with Gasteiger partial charge in [0.2, 0.25) is 0 Å². The molecule has 0 atom stereocenters. The zero-order chi connectivity index (χ0) is 15.6. The van der Waals surface area contributed by atoms with Crippen LogP contribution in [-0.4, -0.2) is 25.7 Å². The summed E-state index contributed by atoms with van der Waals surface area (Å²) in [4.78, 5) is 0.163. The molecule has 2 rings (SSSR count). The number of sulfonamides is 1. The van der Waals surface area contributed by atoms with Crippen molar-refractivity contribution in [1.29, 1.82) is 0 Å². The topological polar surface area (TPSA) is 86.9 Å². The van der Waals surface area contributed by atoms with E-state index in [-0.39, 0.29) is 4.90 Å². The van der Waals surface area contributed by atoms with E-state index in [2.05, 4.69) is 20.2 Å². The Morgan fingerprint density at radius 1 is 1.33 bits per heavy atom. The molecule has 0 amide bonds. The van der Waals surface area contributed by atoms with Crippen LogP contribution in [0.5, 0.6) is 0 Å². The molecule has 1 aromatic heterocycles. The second-order valence-electron chi connectivity index (χ2n) is 4.72. The van der Waals surface area contributed by atoms with Gasteiger partial charge in [0, 0.05) is 11.6 Å². The lowest BCUT2D eigenvalue weighted by atomic mass is 10.2. The van der Waals surface area contributed by atoms with Crippen molar-refractivity contribution in [3.05, 3.63) is 40.2 Å². The molecule has 21 heavy (non-hydrogen) atoms. The lowest BCUT2D eigenvalue weighted by molar-refractivity contribution is 0.598. The Morgan fingerprint density at radius 3 is 2.71 bits per heavy atom. The highest BCUT2D eigenvalue weighted by atomic mass is 35.5. The number of aromatic nitrogens is 2. The van der Waals surface area contributed by atoms with Crippen LogP contribution in [0, 0.1) is 13.8 Å². The van der Waals surface area contributed by atoms with Gasteiger partial charge in [-0.3, -0.25) is 9.82 Å². The molecule has 6 nitrogen and oxygen atoms in total. The SMILES string of the molecule is CNCc1n[nH]c(C)c1S(=O)(=O)Nc1cc(Cl)ccc1C. The van der Waals surface area contributed by atoms with Gasteiger partial charge < -0.3 is 5.32 Å². The standard InChI is InChI=1S/C13H17ClN4O2S/c1-8-4-5-10(14)6-11(8)18-21(19,20)13-9(2)16-17-12(13)7-15-3/h4-6,15,18H,7H2,1-3H3,(H,16,17). The number of halogens is 1. The van der Waals surface area contributed by atoms with E-state index in [0.29, 0.717) is 28.6 Å². The van der Waals surface area contributed by atoms with E-state index in [1.807, 2.05) is 6.92 Å². The summed E-state index contributed by atoms with van der Waals surface area (Å²) in [6.45, 7) is 3.84. The first-order chi connectivity index (χ1) is 9.85. The third-order valence-corrected chi connectivity index (χ3v) is 4.82. The fourth-order valence-electron chi connectivity index (χ4n) is 2.01. The van der Waals surface area contributed by atoms with Crippen LogP contribution in [0.2, 0.25) is 5.02 Å². The van der Waals surface area contributed by atoms with Gasteiger partial charge in [-0.15, -0.1) is 0 Å². The van der Waals surface area contributed by atoms with Crippen LogP contribution in [-0.2, 0) is 16.6 Å². The smallest absolute Gasteiger partial charge is 0.265 e. The first-order valence-corrected chi connectivity index (χ1v) is 8.18. The first kappa shape index (κ1) is 15.8. The van der Waals surface area contributed by atoms with Crippen LogP contribution in [0.1, 0.15) is 17.0 Å². The van der Waals surface area contributed by atoms with E-state index in [9.17, 15) is 8.42 Å². The van der Waals surface area contributed by atoms with E-state index >= 15 is 0 Å². The van der Waals surface area contributed by atoms with Crippen LogP contribution in [0.15, 0.2) is 23.1 Å². The third kappa shape index (κ3) is 3.37. The van der Waals surface area contributed by atoms with E-state index < -0.39 is 10.0 Å². The zero-order valence-electron chi connectivity index (χ0n) is 12.0. The van der Waals surface area contributed by atoms with Gasteiger partial charge in [0.1, 0.15) is 4.90 Å². The molecular formula is C13H17ClN4O2S. The van der Waals surface area contributed by atoms with Crippen molar-refractivity contribution in [3.8, 4) is 0 Å². The second kappa shape index (κ2) is 6.05. The summed E-state index contributed by atoms with van der Waals surface area (Å²) >= 11 is 5.92. The fourth-order valence-corrected chi connectivity index (χ4v) is 3.67. The number of hydrogen-bond donors (Lipinski definition) is 3. The van der Waals surface area contributed by atoms with Gasteiger partial charge in [0.15, 0.2) is 0 Å². The molecule has 2 aromatic rings. The van der Waals surface area contributed by atoms with Crippen LogP contribution < -0.4 is 10.0 Å². The van der Waals surface area contributed by atoms with E-state index in [1.165, 1.54) is 0 Å². The van der Waals surface area contributed by atoms with Gasteiger partial charge in [-0.2, -0.15) is 5.10 Å². The molecule has 0 spiro atoms. The molecular weight excluding hydrogens is 312 g/mol. The Morgan fingerprint density at radius 2 is 2.05 bits per heavy atom. The van der Waals surface area contributed by atoms with Crippen molar-refractivity contribution in [2.24, 2.45) is 0 Å². The Bertz CT molecular complexity index is 756. The van der Waals surface area contributed by atoms with Gasteiger partial charge in [0.05, 0.1) is 17.1 Å². The van der Waals surface area contributed by atoms with Gasteiger partial charge in [-0.05, 0) is 38.6 Å². The van der Waals surface area contributed by atoms with Crippen molar-refractivity contribution in [2.45, 2.75) is 25.3 Å². The summed E-state index contributed by atoms with van der Waals surface area (Å²) in [5.41, 5.74) is 2.19. The van der Waals surface area contributed by atoms with Crippen molar-refractivity contribution in [1.82, 2.24) is 15.5 Å². The van der Waals surface area contributed by atoms with E-state index in [0.717, 1.165) is 5.56 Å². The van der Waals surface area contributed by atoms with Crippen LogP contribution in [0.25, 0.3) is 0 Å².